The van der Waals surface area contributed by atoms with E-state index in [9.17, 15) is 4.79 Å². The molecular weight excluding hydrogens is 216 g/mol. The van der Waals surface area contributed by atoms with Crippen LogP contribution in [0.5, 0.6) is 0 Å². The highest BCUT2D eigenvalue weighted by molar-refractivity contribution is 5.68. The van der Waals surface area contributed by atoms with E-state index in [1.54, 1.807) is 6.33 Å². The quantitative estimate of drug-likeness (QED) is 0.713. The first-order valence-electron chi connectivity index (χ1n) is 5.27. The summed E-state index contributed by atoms with van der Waals surface area (Å²) >= 11 is 0. The molecule has 0 fully saturated rings. The number of H-pyrrole nitrogens is 1. The van der Waals surface area contributed by atoms with Crippen molar-refractivity contribution in [3.8, 4) is 0 Å². The number of nitrogens with zero attached hydrogens (tertiary/aromatic N) is 3. The lowest BCUT2D eigenvalue weighted by atomic mass is 10.2. The summed E-state index contributed by atoms with van der Waals surface area (Å²) in [5.74, 6) is 0. The second-order valence-corrected chi connectivity index (χ2v) is 3.78. The molecule has 0 spiro atoms. The Morgan fingerprint density at radius 3 is 2.82 bits per heavy atom. The molecule has 2 heterocycles. The number of fused-ring (bicyclic) bond motifs is 1. The first-order valence-corrected chi connectivity index (χ1v) is 5.27. The zero-order valence-electron chi connectivity index (χ0n) is 9.00. The third-order valence-corrected chi connectivity index (χ3v) is 2.59. The van der Waals surface area contributed by atoms with Gasteiger partial charge in [0.1, 0.15) is 11.2 Å². The van der Waals surface area contributed by atoms with Crippen molar-refractivity contribution >= 4 is 11.2 Å². The molecule has 0 saturated heterocycles. The summed E-state index contributed by atoms with van der Waals surface area (Å²) < 4.78 is 1.90. The minimum Gasteiger partial charge on any atom is -0.312 e. The van der Waals surface area contributed by atoms with Crippen LogP contribution in [0.1, 0.15) is 5.56 Å². The van der Waals surface area contributed by atoms with Crippen LogP contribution in [0.2, 0.25) is 0 Å². The van der Waals surface area contributed by atoms with Crippen molar-refractivity contribution in [2.24, 2.45) is 0 Å². The second-order valence-electron chi connectivity index (χ2n) is 3.78. The molecular formula is C12H10N4O. The van der Waals surface area contributed by atoms with E-state index >= 15 is 0 Å². The maximum absolute atomic E-state index is 11.2. The molecule has 17 heavy (non-hydrogen) atoms. The van der Waals surface area contributed by atoms with Gasteiger partial charge < -0.3 is 4.57 Å². The van der Waals surface area contributed by atoms with Crippen LogP contribution < -0.4 is 5.69 Å². The van der Waals surface area contributed by atoms with Gasteiger partial charge in [-0.1, -0.05) is 30.3 Å². The number of hydrogen-bond donors (Lipinski definition) is 1. The summed E-state index contributed by atoms with van der Waals surface area (Å²) in [6.07, 6.45) is 3.19. The minimum atomic E-state index is -0.354. The molecule has 0 atom stereocenters. The van der Waals surface area contributed by atoms with Crippen molar-refractivity contribution in [3.63, 3.8) is 0 Å². The lowest BCUT2D eigenvalue weighted by Crippen LogP contribution is -2.10. The van der Waals surface area contributed by atoms with E-state index in [0.717, 1.165) is 5.56 Å². The first kappa shape index (κ1) is 9.77. The van der Waals surface area contributed by atoms with Crippen LogP contribution in [0.4, 0.5) is 0 Å². The third-order valence-electron chi connectivity index (χ3n) is 2.59. The van der Waals surface area contributed by atoms with Gasteiger partial charge in [0.15, 0.2) is 0 Å². The Morgan fingerprint density at radius 2 is 2.00 bits per heavy atom. The average molecular weight is 226 g/mol. The number of aromatic nitrogens is 4. The number of hydrogen-bond acceptors (Lipinski definition) is 3. The second kappa shape index (κ2) is 3.86. The van der Waals surface area contributed by atoms with Crippen LogP contribution >= 0.6 is 0 Å². The van der Waals surface area contributed by atoms with Crippen LogP contribution in [0.3, 0.4) is 0 Å². The lowest BCUT2D eigenvalue weighted by molar-refractivity contribution is 0.810. The Balaban J connectivity index is 2.06. The lowest BCUT2D eigenvalue weighted by Gasteiger charge is -2.03. The monoisotopic (exact) mass is 226 g/mol. The smallest absolute Gasteiger partial charge is 0.312 e. The van der Waals surface area contributed by atoms with E-state index in [-0.39, 0.29) is 5.69 Å². The van der Waals surface area contributed by atoms with Gasteiger partial charge in [-0.25, -0.2) is 9.78 Å². The molecule has 0 bridgehead atoms. The minimum absolute atomic E-state index is 0.354. The zero-order valence-corrected chi connectivity index (χ0v) is 9.00. The summed E-state index contributed by atoms with van der Waals surface area (Å²) in [7, 11) is 0. The number of benzene rings is 1. The van der Waals surface area contributed by atoms with Crippen molar-refractivity contribution < 1.29 is 0 Å². The van der Waals surface area contributed by atoms with Crippen molar-refractivity contribution in [3.05, 3.63) is 58.9 Å². The number of imidazole rings is 1. The van der Waals surface area contributed by atoms with Gasteiger partial charge in [0.05, 0.1) is 19.1 Å². The largest absolute Gasteiger partial charge is 0.346 e. The number of rotatable bonds is 2. The van der Waals surface area contributed by atoms with E-state index in [1.165, 1.54) is 6.20 Å². The van der Waals surface area contributed by atoms with Gasteiger partial charge in [-0.3, -0.25) is 4.98 Å². The molecule has 0 saturated carbocycles. The Hall–Kier alpha value is -2.43. The van der Waals surface area contributed by atoms with E-state index in [0.29, 0.717) is 17.7 Å². The Morgan fingerprint density at radius 1 is 1.18 bits per heavy atom. The van der Waals surface area contributed by atoms with Gasteiger partial charge in [-0.15, -0.1) is 0 Å². The van der Waals surface area contributed by atoms with Gasteiger partial charge in [-0.2, -0.15) is 4.98 Å². The maximum Gasteiger partial charge on any atom is 0.346 e. The predicted molar refractivity (Wildman–Crippen MR) is 63.7 cm³/mol. The topological polar surface area (TPSA) is 63.6 Å². The first-order chi connectivity index (χ1) is 8.33. The highest BCUT2D eigenvalue weighted by Crippen LogP contribution is 2.09. The molecule has 5 nitrogen and oxygen atoms in total. The summed E-state index contributed by atoms with van der Waals surface area (Å²) in [6, 6.07) is 10.0. The fourth-order valence-corrected chi connectivity index (χ4v) is 1.78. The Bertz CT molecular complexity index is 699. The van der Waals surface area contributed by atoms with Crippen molar-refractivity contribution in [2.75, 3.05) is 0 Å². The van der Waals surface area contributed by atoms with E-state index in [2.05, 4.69) is 15.0 Å². The summed E-state index contributed by atoms with van der Waals surface area (Å²) in [4.78, 5) is 21.7. The molecule has 1 N–H and O–H groups in total. The van der Waals surface area contributed by atoms with Gasteiger partial charge in [0.2, 0.25) is 0 Å². The van der Waals surface area contributed by atoms with Crippen molar-refractivity contribution in [1.82, 2.24) is 19.5 Å². The molecule has 84 valence electrons. The van der Waals surface area contributed by atoms with Gasteiger partial charge in [0, 0.05) is 0 Å². The fraction of sp³-hybridized carbons (Fsp3) is 0.0833. The van der Waals surface area contributed by atoms with Crippen molar-refractivity contribution in [2.45, 2.75) is 6.54 Å². The molecule has 5 heteroatoms. The normalized spacial score (nSPS) is 10.8. The van der Waals surface area contributed by atoms with Crippen LogP contribution in [0.15, 0.2) is 47.7 Å². The zero-order chi connectivity index (χ0) is 11.7. The van der Waals surface area contributed by atoms with Crippen LogP contribution in [-0.2, 0) is 6.54 Å². The SMILES string of the molecule is O=c1ncc2ncn(Cc3ccccc3)c2[nH]1. The molecule has 0 radical (unpaired) electrons. The molecule has 0 unspecified atom stereocenters. The van der Waals surface area contributed by atoms with E-state index < -0.39 is 0 Å². The molecule has 3 rings (SSSR count). The summed E-state index contributed by atoms with van der Waals surface area (Å²) in [5, 5.41) is 0. The molecule has 0 aliphatic carbocycles. The summed E-state index contributed by atoms with van der Waals surface area (Å²) in [5.41, 5.74) is 2.20. The van der Waals surface area contributed by atoms with Crippen LogP contribution in [0, 0.1) is 0 Å². The Labute approximate surface area is 96.8 Å². The standard InChI is InChI=1S/C12H10N4O/c17-12-13-6-10-11(15-12)16(8-14-10)7-9-4-2-1-3-5-9/h1-6,8H,7H2,(H,13,15,17). The third kappa shape index (κ3) is 1.82. The highest BCUT2D eigenvalue weighted by atomic mass is 16.1. The summed E-state index contributed by atoms with van der Waals surface area (Å²) in [6.45, 7) is 0.678. The van der Waals surface area contributed by atoms with E-state index in [1.807, 2.05) is 34.9 Å². The molecule has 2 aromatic heterocycles. The highest BCUT2D eigenvalue weighted by Gasteiger charge is 2.04. The van der Waals surface area contributed by atoms with Gasteiger partial charge in [0.25, 0.3) is 0 Å². The molecule has 0 amide bonds. The fourth-order valence-electron chi connectivity index (χ4n) is 1.78. The Kier molecular flexibility index (Phi) is 2.22. The molecule has 3 aromatic rings. The number of nitrogens with one attached hydrogen (secondary N) is 1. The molecule has 0 aliphatic rings. The van der Waals surface area contributed by atoms with Crippen molar-refractivity contribution in [1.29, 1.82) is 0 Å². The van der Waals surface area contributed by atoms with Crippen LogP contribution in [-0.4, -0.2) is 19.5 Å². The molecule has 0 aliphatic heterocycles. The van der Waals surface area contributed by atoms with Gasteiger partial charge in [-0.05, 0) is 5.56 Å². The average Bonchev–Trinajstić information content (AvgIpc) is 2.73. The maximum atomic E-state index is 11.2. The van der Waals surface area contributed by atoms with E-state index in [4.69, 9.17) is 0 Å². The predicted octanol–water partition coefficient (Wildman–Crippen LogP) is 1.17. The molecule has 1 aromatic carbocycles. The van der Waals surface area contributed by atoms with Gasteiger partial charge >= 0.3 is 5.69 Å². The number of aromatic amines is 1. The van der Waals surface area contributed by atoms with Crippen LogP contribution in [0.25, 0.3) is 11.2 Å².